The summed E-state index contributed by atoms with van der Waals surface area (Å²) in [6.45, 7) is 3.92. The fraction of sp³-hybridized carbons (Fsp3) is 0.207. The summed E-state index contributed by atoms with van der Waals surface area (Å²) in [6, 6.07) is 33.4. The molecule has 0 saturated heterocycles. The van der Waals surface area contributed by atoms with Crippen LogP contribution < -0.4 is 10.9 Å². The Morgan fingerprint density at radius 1 is 0.824 bits per heavy atom. The number of hydrogen-bond acceptors (Lipinski definition) is 3. The second kappa shape index (κ2) is 10.3. The highest BCUT2D eigenvalue weighted by molar-refractivity contribution is 5.83. The average Bonchev–Trinajstić information content (AvgIpc) is 2.88. The molecule has 4 rings (SSSR count). The van der Waals surface area contributed by atoms with Crippen LogP contribution in [-0.2, 0) is 10.3 Å². The van der Waals surface area contributed by atoms with Crippen molar-refractivity contribution < 1.29 is 4.79 Å². The van der Waals surface area contributed by atoms with E-state index in [4.69, 9.17) is 0 Å². The minimum Gasteiger partial charge on any atom is -0.354 e. The number of nitrogens with zero attached hydrogens (tertiary/aromatic N) is 2. The predicted molar refractivity (Wildman–Crippen MR) is 136 cm³/mol. The average molecular weight is 452 g/mol. The summed E-state index contributed by atoms with van der Waals surface area (Å²) in [5.41, 5.74) is 2.49. The highest BCUT2D eigenvalue weighted by atomic mass is 16.2. The molecule has 4 aromatic rings. The molecule has 1 heterocycles. The van der Waals surface area contributed by atoms with Gasteiger partial charge in [-0.05, 0) is 37.5 Å². The van der Waals surface area contributed by atoms with E-state index in [1.54, 1.807) is 19.9 Å². The van der Waals surface area contributed by atoms with Gasteiger partial charge in [0.15, 0.2) is 0 Å². The van der Waals surface area contributed by atoms with Gasteiger partial charge in [-0.2, -0.15) is 5.10 Å². The second-order valence-electron chi connectivity index (χ2n) is 8.81. The van der Waals surface area contributed by atoms with Crippen LogP contribution >= 0.6 is 0 Å². The number of carbonyl (C=O) groups excluding carboxylic acids is 1. The number of aromatic nitrogens is 2. The van der Waals surface area contributed by atoms with E-state index in [-0.39, 0.29) is 17.4 Å². The third kappa shape index (κ3) is 5.15. The third-order valence-corrected chi connectivity index (χ3v) is 6.08. The topological polar surface area (TPSA) is 64.0 Å². The number of benzene rings is 3. The van der Waals surface area contributed by atoms with E-state index < -0.39 is 5.54 Å². The number of carbonyl (C=O) groups is 1. The molecule has 1 N–H and O–H groups in total. The minimum atomic E-state index is -1.14. The van der Waals surface area contributed by atoms with Crippen molar-refractivity contribution in [3.8, 4) is 11.3 Å². The molecule has 1 aromatic heterocycles. The second-order valence-corrected chi connectivity index (χ2v) is 8.81. The molecule has 5 heteroatoms. The summed E-state index contributed by atoms with van der Waals surface area (Å²) in [6.07, 6.45) is 0.738. The zero-order chi connectivity index (χ0) is 24.0. The van der Waals surface area contributed by atoms with Gasteiger partial charge in [0, 0.05) is 24.1 Å². The highest BCUT2D eigenvalue weighted by Gasteiger charge is 2.32. The van der Waals surface area contributed by atoms with Crippen LogP contribution in [0.5, 0.6) is 0 Å². The van der Waals surface area contributed by atoms with Crippen molar-refractivity contribution in [1.29, 1.82) is 0 Å². The Kier molecular flexibility index (Phi) is 7.02. The molecule has 0 aliphatic heterocycles. The van der Waals surface area contributed by atoms with Crippen molar-refractivity contribution in [2.75, 3.05) is 6.54 Å². The van der Waals surface area contributed by atoms with Crippen LogP contribution in [0.15, 0.2) is 108 Å². The summed E-state index contributed by atoms with van der Waals surface area (Å²) in [5, 5.41) is 7.56. The van der Waals surface area contributed by atoms with E-state index in [1.807, 2.05) is 66.7 Å². The maximum Gasteiger partial charge on any atom is 0.267 e. The predicted octanol–water partition coefficient (Wildman–Crippen LogP) is 4.98. The molecule has 0 fully saturated rings. The first-order chi connectivity index (χ1) is 16.5. The minimum absolute atomic E-state index is 0.160. The fourth-order valence-corrected chi connectivity index (χ4v) is 4.11. The van der Waals surface area contributed by atoms with Crippen LogP contribution in [0.25, 0.3) is 11.3 Å². The van der Waals surface area contributed by atoms with Crippen LogP contribution in [0.1, 0.15) is 37.3 Å². The van der Waals surface area contributed by atoms with E-state index in [0.717, 1.165) is 12.0 Å². The first-order valence-corrected chi connectivity index (χ1v) is 11.5. The first-order valence-electron chi connectivity index (χ1n) is 11.5. The van der Waals surface area contributed by atoms with Crippen molar-refractivity contribution in [3.63, 3.8) is 0 Å². The van der Waals surface area contributed by atoms with Crippen LogP contribution in [0.2, 0.25) is 0 Å². The molecule has 0 saturated carbocycles. The van der Waals surface area contributed by atoms with Gasteiger partial charge in [-0.1, -0.05) is 91.0 Å². The monoisotopic (exact) mass is 451 g/mol. The quantitative estimate of drug-likeness (QED) is 0.411. The van der Waals surface area contributed by atoms with Gasteiger partial charge in [-0.25, -0.2) is 4.68 Å². The molecule has 0 spiro atoms. The molecule has 0 bridgehead atoms. The van der Waals surface area contributed by atoms with Crippen molar-refractivity contribution in [3.05, 3.63) is 125 Å². The van der Waals surface area contributed by atoms with Crippen molar-refractivity contribution in [1.82, 2.24) is 15.1 Å². The van der Waals surface area contributed by atoms with E-state index in [2.05, 4.69) is 34.7 Å². The van der Waals surface area contributed by atoms with Crippen LogP contribution in [0, 0.1) is 0 Å². The Balaban J connectivity index is 1.50. The molecule has 3 aromatic carbocycles. The number of rotatable bonds is 8. The number of hydrogen-bond donors (Lipinski definition) is 1. The van der Waals surface area contributed by atoms with Gasteiger partial charge in [-0.15, -0.1) is 0 Å². The summed E-state index contributed by atoms with van der Waals surface area (Å²) in [7, 11) is 0. The van der Waals surface area contributed by atoms with Crippen LogP contribution in [0.4, 0.5) is 0 Å². The van der Waals surface area contributed by atoms with Crippen LogP contribution in [-0.4, -0.2) is 22.2 Å². The molecule has 0 radical (unpaired) electrons. The largest absolute Gasteiger partial charge is 0.354 e. The van der Waals surface area contributed by atoms with E-state index in [1.165, 1.54) is 21.9 Å². The SMILES string of the molecule is CC(C)(C(=O)NCCC(c1ccccc1)c1ccccc1)n1nc(-c2ccccc2)ccc1=O. The van der Waals surface area contributed by atoms with Crippen molar-refractivity contribution >= 4 is 5.91 Å². The summed E-state index contributed by atoms with van der Waals surface area (Å²) < 4.78 is 1.27. The molecular formula is C29H29N3O2. The third-order valence-electron chi connectivity index (χ3n) is 6.08. The van der Waals surface area contributed by atoms with Gasteiger partial charge in [0.1, 0.15) is 5.54 Å². The molecule has 34 heavy (non-hydrogen) atoms. The Bertz CT molecular complexity index is 1240. The smallest absolute Gasteiger partial charge is 0.267 e. The van der Waals surface area contributed by atoms with Crippen molar-refractivity contribution in [2.24, 2.45) is 0 Å². The molecule has 172 valence electrons. The van der Waals surface area contributed by atoms with E-state index >= 15 is 0 Å². The summed E-state index contributed by atoms with van der Waals surface area (Å²) >= 11 is 0. The lowest BCUT2D eigenvalue weighted by atomic mass is 9.88. The molecule has 0 aliphatic rings. The van der Waals surface area contributed by atoms with Gasteiger partial charge in [0.25, 0.3) is 5.56 Å². The van der Waals surface area contributed by atoms with Crippen LogP contribution in [0.3, 0.4) is 0 Å². The lowest BCUT2D eigenvalue weighted by molar-refractivity contribution is -0.129. The van der Waals surface area contributed by atoms with Gasteiger partial charge in [-0.3, -0.25) is 9.59 Å². The zero-order valence-corrected chi connectivity index (χ0v) is 19.5. The lowest BCUT2D eigenvalue weighted by Crippen LogP contribution is -2.50. The molecule has 0 aliphatic carbocycles. The molecule has 5 nitrogen and oxygen atoms in total. The zero-order valence-electron chi connectivity index (χ0n) is 19.5. The Labute approximate surface area is 200 Å². The van der Waals surface area contributed by atoms with Gasteiger partial charge in [0.2, 0.25) is 5.91 Å². The number of amides is 1. The molecular weight excluding hydrogens is 422 g/mol. The Morgan fingerprint density at radius 3 is 1.91 bits per heavy atom. The Hall–Kier alpha value is -3.99. The van der Waals surface area contributed by atoms with E-state index in [0.29, 0.717) is 12.2 Å². The van der Waals surface area contributed by atoms with Gasteiger partial charge < -0.3 is 5.32 Å². The molecule has 1 amide bonds. The van der Waals surface area contributed by atoms with Crippen molar-refractivity contribution in [2.45, 2.75) is 31.7 Å². The van der Waals surface area contributed by atoms with E-state index in [9.17, 15) is 9.59 Å². The molecule has 0 atom stereocenters. The van der Waals surface area contributed by atoms with Gasteiger partial charge in [0.05, 0.1) is 5.69 Å². The lowest BCUT2D eigenvalue weighted by Gasteiger charge is -2.26. The Morgan fingerprint density at radius 2 is 1.35 bits per heavy atom. The normalized spacial score (nSPS) is 11.4. The maximum absolute atomic E-state index is 13.2. The standard InChI is InChI=1S/C29H29N3O2/c1-29(2,32-27(33)19-18-26(31-32)24-16-10-5-11-17-24)28(34)30-21-20-25(22-12-6-3-7-13-22)23-14-8-4-9-15-23/h3-19,25H,20-21H2,1-2H3,(H,30,34). The summed E-state index contributed by atoms with van der Waals surface area (Å²) in [4.78, 5) is 25.8. The fourth-order valence-electron chi connectivity index (χ4n) is 4.11. The number of nitrogens with one attached hydrogen (secondary N) is 1. The molecule has 0 unspecified atom stereocenters. The first kappa shape index (κ1) is 23.2. The highest BCUT2D eigenvalue weighted by Crippen LogP contribution is 2.27. The maximum atomic E-state index is 13.2. The van der Waals surface area contributed by atoms with Gasteiger partial charge >= 0.3 is 0 Å². The summed E-state index contributed by atoms with van der Waals surface area (Å²) in [5.74, 6) is -0.0831.